The van der Waals surface area contributed by atoms with Gasteiger partial charge in [-0.25, -0.2) is 0 Å². The van der Waals surface area contributed by atoms with Gasteiger partial charge in [0, 0.05) is 0 Å². The normalized spacial score (nSPS) is 7.42. The standard InChI is InChI=1S/3C6H6O2.3C6H6O.7C2H6/c3*7-5-1-2-6(8)4-3-5;3*7-6-4-2-1-3-5-6;7*1-2/h3*1-4,7-8H;3*1-5,7H;7*1-2H3. The number of rotatable bonds is 0. The molecule has 59 heavy (non-hydrogen) atoms. The van der Waals surface area contributed by atoms with Crippen LogP contribution >= 0.6 is 0 Å². The van der Waals surface area contributed by atoms with E-state index in [1.807, 2.05) is 115 Å². The molecule has 0 unspecified atom stereocenters. The van der Waals surface area contributed by atoms with Crippen molar-refractivity contribution < 1.29 is 46.0 Å². The number of hydrogen-bond donors (Lipinski definition) is 9. The Morgan fingerprint density at radius 1 is 0.153 bits per heavy atom. The molecule has 0 bridgehead atoms. The molecule has 6 aromatic rings. The summed E-state index contributed by atoms with van der Waals surface area (Å²) in [6.07, 6.45) is 0. The second-order valence-corrected chi connectivity index (χ2v) is 8.56. The van der Waals surface area contributed by atoms with Gasteiger partial charge in [-0.15, -0.1) is 0 Å². The molecule has 0 aromatic heterocycles. The highest BCUT2D eigenvalue weighted by Crippen LogP contribution is 2.14. The van der Waals surface area contributed by atoms with Crippen LogP contribution in [-0.2, 0) is 0 Å². The zero-order chi connectivity index (χ0) is 47.3. The number of aromatic hydroxyl groups is 9. The lowest BCUT2D eigenvalue weighted by atomic mass is 10.3. The summed E-state index contributed by atoms with van der Waals surface area (Å²) in [7, 11) is 0. The van der Waals surface area contributed by atoms with E-state index in [1.54, 1.807) is 72.8 Å². The lowest BCUT2D eigenvalue weighted by Gasteiger charge is -1.88. The summed E-state index contributed by atoms with van der Waals surface area (Å²) in [4.78, 5) is 0. The highest BCUT2D eigenvalue weighted by Gasteiger charge is 1.86. The Morgan fingerprint density at radius 2 is 0.237 bits per heavy atom. The molecule has 9 N–H and O–H groups in total. The molecule has 0 radical (unpaired) electrons. The maximum absolute atomic E-state index is 8.65. The average molecular weight is 823 g/mol. The molecule has 0 saturated heterocycles. The molecule has 0 spiro atoms. The zero-order valence-electron chi connectivity index (χ0n) is 38.1. The van der Waals surface area contributed by atoms with Crippen molar-refractivity contribution in [2.75, 3.05) is 0 Å². The third-order valence-corrected chi connectivity index (χ3v) is 4.82. The number of benzene rings is 6. The highest BCUT2D eigenvalue weighted by atomic mass is 16.3. The zero-order valence-corrected chi connectivity index (χ0v) is 38.1. The molecule has 0 aliphatic heterocycles. The molecule has 0 saturated carbocycles. The number of phenolic OH excluding ortho intramolecular Hbond substituents is 9. The first-order valence-electron chi connectivity index (χ1n) is 20.2. The second kappa shape index (κ2) is 58.2. The predicted octanol–water partition coefficient (Wildman–Crippen LogP) is 14.7. The quantitative estimate of drug-likeness (QED) is 0.0673. The smallest absolute Gasteiger partial charge is 0.115 e. The monoisotopic (exact) mass is 823 g/mol. The van der Waals surface area contributed by atoms with Gasteiger partial charge in [-0.2, -0.15) is 0 Å². The van der Waals surface area contributed by atoms with Crippen LogP contribution < -0.4 is 0 Å². The van der Waals surface area contributed by atoms with Gasteiger partial charge in [0.1, 0.15) is 51.7 Å². The largest absolute Gasteiger partial charge is 0.508 e. The molecule has 0 heterocycles. The first-order valence-corrected chi connectivity index (χ1v) is 20.2. The SMILES string of the molecule is CC.CC.CC.CC.CC.CC.CC.Oc1ccc(O)cc1.Oc1ccc(O)cc1.Oc1ccc(O)cc1.Oc1ccccc1.Oc1ccccc1.Oc1ccccc1. The minimum absolute atomic E-state index is 0.169. The van der Waals surface area contributed by atoms with Crippen LogP contribution in [0.1, 0.15) is 96.9 Å². The van der Waals surface area contributed by atoms with Gasteiger partial charge in [-0.05, 0) is 109 Å². The fourth-order valence-electron chi connectivity index (χ4n) is 2.64. The van der Waals surface area contributed by atoms with Gasteiger partial charge in [0.2, 0.25) is 0 Å². The third kappa shape index (κ3) is 55.9. The summed E-state index contributed by atoms with van der Waals surface area (Å²) < 4.78 is 0. The first kappa shape index (κ1) is 67.3. The van der Waals surface area contributed by atoms with Gasteiger partial charge in [-0.1, -0.05) is 152 Å². The van der Waals surface area contributed by atoms with Crippen molar-refractivity contribution in [3.8, 4) is 51.7 Å². The van der Waals surface area contributed by atoms with Gasteiger partial charge in [0.05, 0.1) is 0 Å². The number of para-hydroxylation sites is 3. The van der Waals surface area contributed by atoms with E-state index in [0.29, 0.717) is 17.2 Å². The maximum atomic E-state index is 8.65. The molecule has 0 aliphatic rings. The van der Waals surface area contributed by atoms with Gasteiger partial charge in [0.25, 0.3) is 0 Å². The lowest BCUT2D eigenvalue weighted by molar-refractivity contribution is 0.460. The summed E-state index contributed by atoms with van der Waals surface area (Å²) in [5.74, 6) is 1.98. The average Bonchev–Trinajstić information content (AvgIpc) is 3.31. The molecule has 6 rings (SSSR count). The molecular formula is C50H78O9. The van der Waals surface area contributed by atoms with Crippen molar-refractivity contribution in [1.82, 2.24) is 0 Å². The van der Waals surface area contributed by atoms with Crippen LogP contribution in [0.5, 0.6) is 51.7 Å². The Bertz CT molecular complexity index is 1280. The van der Waals surface area contributed by atoms with E-state index in [0.717, 1.165) is 0 Å². The van der Waals surface area contributed by atoms with Crippen LogP contribution in [0.2, 0.25) is 0 Å². The number of hydrogen-bond acceptors (Lipinski definition) is 9. The van der Waals surface area contributed by atoms with Crippen molar-refractivity contribution in [3.63, 3.8) is 0 Å². The lowest BCUT2D eigenvalue weighted by Crippen LogP contribution is -1.61. The van der Waals surface area contributed by atoms with E-state index in [9.17, 15) is 0 Å². The molecule has 0 amide bonds. The summed E-state index contributed by atoms with van der Waals surface area (Å²) in [6, 6.07) is 43.2. The Morgan fingerprint density at radius 3 is 0.305 bits per heavy atom. The molecule has 332 valence electrons. The van der Waals surface area contributed by atoms with Gasteiger partial charge in [0.15, 0.2) is 0 Å². The summed E-state index contributed by atoms with van der Waals surface area (Å²) in [6.45, 7) is 28.0. The molecule has 0 aliphatic carbocycles. The molecule has 0 atom stereocenters. The molecular weight excluding hydrogens is 745 g/mol. The molecule has 9 heteroatoms. The fourth-order valence-corrected chi connectivity index (χ4v) is 2.64. The van der Waals surface area contributed by atoms with E-state index in [4.69, 9.17) is 46.0 Å². The fraction of sp³-hybridized carbons (Fsp3) is 0.280. The van der Waals surface area contributed by atoms with Crippen molar-refractivity contribution in [3.05, 3.63) is 164 Å². The van der Waals surface area contributed by atoms with Crippen LogP contribution in [0.3, 0.4) is 0 Å². The van der Waals surface area contributed by atoms with Crippen molar-refractivity contribution in [1.29, 1.82) is 0 Å². The van der Waals surface area contributed by atoms with Crippen molar-refractivity contribution in [2.24, 2.45) is 0 Å². The van der Waals surface area contributed by atoms with Gasteiger partial charge >= 0.3 is 0 Å². The van der Waals surface area contributed by atoms with E-state index in [2.05, 4.69) is 0 Å². The Hall–Kier alpha value is -6.48. The minimum atomic E-state index is 0.169. The van der Waals surface area contributed by atoms with Gasteiger partial charge in [-0.3, -0.25) is 0 Å². The summed E-state index contributed by atoms with van der Waals surface area (Å²) in [5, 5.41) is 77.8. The van der Waals surface area contributed by atoms with E-state index >= 15 is 0 Å². The Labute approximate surface area is 357 Å². The summed E-state index contributed by atoms with van der Waals surface area (Å²) >= 11 is 0. The highest BCUT2D eigenvalue weighted by molar-refractivity contribution is 5.30. The Kier molecular flexibility index (Phi) is 66.4. The molecule has 9 nitrogen and oxygen atoms in total. The molecule has 6 aromatic carbocycles. The molecule has 0 fully saturated rings. The van der Waals surface area contributed by atoms with Crippen molar-refractivity contribution >= 4 is 0 Å². The Balaban J connectivity index is -0.000000104. The van der Waals surface area contributed by atoms with Gasteiger partial charge < -0.3 is 46.0 Å². The van der Waals surface area contributed by atoms with Crippen LogP contribution in [0.4, 0.5) is 0 Å². The minimum Gasteiger partial charge on any atom is -0.508 e. The topological polar surface area (TPSA) is 182 Å². The first-order chi connectivity index (χ1) is 28.5. The van der Waals surface area contributed by atoms with E-state index in [-0.39, 0.29) is 34.5 Å². The van der Waals surface area contributed by atoms with E-state index < -0.39 is 0 Å². The van der Waals surface area contributed by atoms with Crippen LogP contribution in [0, 0.1) is 0 Å². The van der Waals surface area contributed by atoms with Crippen LogP contribution in [0.25, 0.3) is 0 Å². The third-order valence-electron chi connectivity index (χ3n) is 4.82. The number of phenols is 9. The maximum Gasteiger partial charge on any atom is 0.115 e. The second-order valence-electron chi connectivity index (χ2n) is 8.56. The summed E-state index contributed by atoms with van der Waals surface area (Å²) in [5.41, 5.74) is 0. The predicted molar refractivity (Wildman–Crippen MR) is 253 cm³/mol. The van der Waals surface area contributed by atoms with Crippen LogP contribution in [-0.4, -0.2) is 46.0 Å². The van der Waals surface area contributed by atoms with Crippen molar-refractivity contribution in [2.45, 2.75) is 96.9 Å². The van der Waals surface area contributed by atoms with Crippen LogP contribution in [0.15, 0.2) is 164 Å². The van der Waals surface area contributed by atoms with E-state index in [1.165, 1.54) is 72.8 Å².